The van der Waals surface area contributed by atoms with Gasteiger partial charge in [-0.2, -0.15) is 0 Å². The molecule has 0 spiro atoms. The first-order valence-electron chi connectivity index (χ1n) is 19.5. The lowest BCUT2D eigenvalue weighted by atomic mass is 9.94. The molecule has 0 saturated heterocycles. The van der Waals surface area contributed by atoms with Gasteiger partial charge in [-0.05, 0) is 75.1 Å². The predicted octanol–water partition coefficient (Wildman–Crippen LogP) is 13.8. The Kier molecular flexibility index (Phi) is 7.16. The number of hydrogen-bond acceptors (Lipinski definition) is 4. The molecule has 58 heavy (non-hydrogen) atoms. The summed E-state index contributed by atoms with van der Waals surface area (Å²) in [7, 11) is 0. The summed E-state index contributed by atoms with van der Waals surface area (Å²) in [6.07, 6.45) is 0. The van der Waals surface area contributed by atoms with Crippen LogP contribution >= 0.6 is 0 Å². The highest BCUT2D eigenvalue weighted by Crippen LogP contribution is 2.43. The molecule has 0 unspecified atom stereocenters. The molecule has 5 heteroatoms. The molecule has 0 amide bonds. The summed E-state index contributed by atoms with van der Waals surface area (Å²) in [5.74, 6) is 1.79. The Morgan fingerprint density at radius 2 is 0.948 bits per heavy atom. The van der Waals surface area contributed by atoms with Gasteiger partial charge >= 0.3 is 0 Å². The van der Waals surface area contributed by atoms with Gasteiger partial charge in [-0.3, -0.25) is 0 Å². The van der Waals surface area contributed by atoms with Crippen LogP contribution in [-0.4, -0.2) is 19.5 Å². The third-order valence-corrected chi connectivity index (χ3v) is 11.4. The molecule has 0 aliphatic heterocycles. The Morgan fingerprint density at radius 3 is 1.71 bits per heavy atom. The number of hydrogen-bond donors (Lipinski definition) is 0. The predicted molar refractivity (Wildman–Crippen MR) is 238 cm³/mol. The second-order valence-corrected chi connectivity index (χ2v) is 14.8. The number of benzene rings is 9. The summed E-state index contributed by atoms with van der Waals surface area (Å²) in [6.45, 7) is 0. The molecule has 0 radical (unpaired) electrons. The topological polar surface area (TPSA) is 56.7 Å². The molecule has 9 aromatic carbocycles. The summed E-state index contributed by atoms with van der Waals surface area (Å²) in [5, 5.41) is 9.33. The first-order valence-corrected chi connectivity index (χ1v) is 19.5. The highest BCUT2D eigenvalue weighted by atomic mass is 16.3. The quantitative estimate of drug-likeness (QED) is 0.176. The van der Waals surface area contributed by atoms with Crippen LogP contribution in [0.4, 0.5) is 0 Å². The zero-order valence-electron chi connectivity index (χ0n) is 31.2. The van der Waals surface area contributed by atoms with Gasteiger partial charge < -0.3 is 8.98 Å². The zero-order valence-corrected chi connectivity index (χ0v) is 31.2. The van der Waals surface area contributed by atoms with E-state index in [4.69, 9.17) is 19.4 Å². The minimum atomic E-state index is 0.563. The fraction of sp³-hybridized carbons (Fsp3) is 0. The summed E-state index contributed by atoms with van der Waals surface area (Å²) in [4.78, 5) is 15.0. The van der Waals surface area contributed by atoms with E-state index in [1.807, 2.05) is 66.7 Å². The van der Waals surface area contributed by atoms with Crippen LogP contribution in [0.2, 0.25) is 0 Å². The van der Waals surface area contributed by atoms with Gasteiger partial charge in [-0.15, -0.1) is 0 Å². The van der Waals surface area contributed by atoms with Crippen molar-refractivity contribution < 1.29 is 4.42 Å². The van der Waals surface area contributed by atoms with E-state index in [-0.39, 0.29) is 0 Å². The van der Waals surface area contributed by atoms with Crippen LogP contribution in [0.15, 0.2) is 199 Å². The van der Waals surface area contributed by atoms with Crippen molar-refractivity contribution in [2.75, 3.05) is 0 Å². The van der Waals surface area contributed by atoms with E-state index in [0.29, 0.717) is 17.5 Å². The average molecular weight is 741 g/mol. The molecule has 5 nitrogen and oxygen atoms in total. The van der Waals surface area contributed by atoms with Crippen LogP contribution in [0.25, 0.3) is 116 Å². The minimum absolute atomic E-state index is 0.563. The number of rotatable bonds is 5. The van der Waals surface area contributed by atoms with Gasteiger partial charge in [0.25, 0.3) is 0 Å². The van der Waals surface area contributed by atoms with Crippen LogP contribution in [0.5, 0.6) is 0 Å². The molecule has 0 saturated carbocycles. The van der Waals surface area contributed by atoms with E-state index in [2.05, 4.69) is 132 Å². The molecule has 0 aliphatic rings. The lowest BCUT2D eigenvalue weighted by Crippen LogP contribution is -2.00. The van der Waals surface area contributed by atoms with Crippen molar-refractivity contribution in [1.82, 2.24) is 19.5 Å². The molecule has 270 valence electrons. The monoisotopic (exact) mass is 740 g/mol. The first kappa shape index (κ1) is 32.4. The molecule has 12 rings (SSSR count). The Labute approximate surface area is 333 Å². The second-order valence-electron chi connectivity index (χ2n) is 14.8. The fourth-order valence-electron chi connectivity index (χ4n) is 8.75. The first-order chi connectivity index (χ1) is 28.7. The summed E-state index contributed by atoms with van der Waals surface area (Å²) in [6, 6.07) is 68.1. The van der Waals surface area contributed by atoms with E-state index in [1.165, 1.54) is 32.6 Å². The lowest BCUT2D eigenvalue weighted by molar-refractivity contribution is 0.670. The van der Waals surface area contributed by atoms with Crippen molar-refractivity contribution in [3.8, 4) is 51.0 Å². The van der Waals surface area contributed by atoms with Crippen molar-refractivity contribution in [1.29, 1.82) is 0 Å². The summed E-state index contributed by atoms with van der Waals surface area (Å²) < 4.78 is 9.35. The van der Waals surface area contributed by atoms with E-state index in [1.54, 1.807) is 0 Å². The molecule has 12 aromatic rings. The molecule has 3 aromatic heterocycles. The number of fused-ring (bicyclic) bond motifs is 9. The Balaban J connectivity index is 1.06. The maximum absolute atomic E-state index is 6.95. The highest BCUT2D eigenvalue weighted by Gasteiger charge is 2.21. The van der Waals surface area contributed by atoms with E-state index < -0.39 is 0 Å². The normalized spacial score (nSPS) is 11.8. The number of nitrogens with zero attached hydrogens (tertiary/aromatic N) is 4. The molecule has 0 bridgehead atoms. The number of aromatic nitrogens is 4. The minimum Gasteiger partial charge on any atom is -0.455 e. The van der Waals surface area contributed by atoms with Gasteiger partial charge in [0.15, 0.2) is 17.5 Å². The van der Waals surface area contributed by atoms with Crippen molar-refractivity contribution >= 4 is 65.3 Å². The van der Waals surface area contributed by atoms with Gasteiger partial charge in [0, 0.05) is 38.4 Å². The Hall–Kier alpha value is -7.89. The third kappa shape index (κ3) is 5.07. The molecule has 0 aliphatic carbocycles. The largest absolute Gasteiger partial charge is 0.455 e. The molecular formula is C53H32N4O. The maximum atomic E-state index is 6.95. The van der Waals surface area contributed by atoms with Crippen molar-refractivity contribution in [2.24, 2.45) is 0 Å². The average Bonchev–Trinajstić information content (AvgIpc) is 3.84. The zero-order chi connectivity index (χ0) is 38.2. The fourth-order valence-corrected chi connectivity index (χ4v) is 8.75. The van der Waals surface area contributed by atoms with E-state index >= 15 is 0 Å². The van der Waals surface area contributed by atoms with Gasteiger partial charge in [-0.25, -0.2) is 15.0 Å². The van der Waals surface area contributed by atoms with Crippen molar-refractivity contribution in [3.63, 3.8) is 0 Å². The Morgan fingerprint density at radius 1 is 0.362 bits per heavy atom. The summed E-state index contributed by atoms with van der Waals surface area (Å²) in [5.41, 5.74) is 9.91. The highest BCUT2D eigenvalue weighted by molar-refractivity contribution is 6.23. The van der Waals surface area contributed by atoms with Crippen LogP contribution in [0.3, 0.4) is 0 Å². The molecule has 0 atom stereocenters. The standard InChI is InChI=1S/C53H32N4O/c1-3-15-33(16-4-1)51-54-52(34-17-5-2-6-18-34)56-53(55-51)43-27-14-26-42-49-41-25-10-9-23-39(41)44(32-48(49)58-50(42)43)37-21-13-22-38(29-37)57-46-28-12-11-24-40(46)45-30-35-19-7-8-20-36(35)31-47(45)57/h1-32H. The van der Waals surface area contributed by atoms with Crippen molar-refractivity contribution in [2.45, 2.75) is 0 Å². The van der Waals surface area contributed by atoms with Gasteiger partial charge in [0.05, 0.1) is 16.6 Å². The molecule has 0 fully saturated rings. The number of furan rings is 1. The lowest BCUT2D eigenvalue weighted by Gasteiger charge is -2.13. The second kappa shape index (κ2) is 12.8. The van der Waals surface area contributed by atoms with Crippen LogP contribution < -0.4 is 0 Å². The van der Waals surface area contributed by atoms with Crippen LogP contribution in [0.1, 0.15) is 0 Å². The van der Waals surface area contributed by atoms with E-state index in [9.17, 15) is 0 Å². The van der Waals surface area contributed by atoms with E-state index in [0.717, 1.165) is 66.2 Å². The smallest absolute Gasteiger partial charge is 0.167 e. The van der Waals surface area contributed by atoms with Crippen LogP contribution in [0, 0.1) is 0 Å². The molecular weight excluding hydrogens is 709 g/mol. The molecule has 0 N–H and O–H groups in total. The number of para-hydroxylation sites is 2. The third-order valence-electron chi connectivity index (χ3n) is 11.4. The van der Waals surface area contributed by atoms with Gasteiger partial charge in [0.2, 0.25) is 0 Å². The van der Waals surface area contributed by atoms with Crippen LogP contribution in [-0.2, 0) is 0 Å². The van der Waals surface area contributed by atoms with Gasteiger partial charge in [0.1, 0.15) is 11.2 Å². The maximum Gasteiger partial charge on any atom is 0.167 e. The van der Waals surface area contributed by atoms with Gasteiger partial charge in [-0.1, -0.05) is 152 Å². The summed E-state index contributed by atoms with van der Waals surface area (Å²) >= 11 is 0. The SMILES string of the molecule is c1ccc(-c2nc(-c3ccccc3)nc(-c3cccc4c3oc3cc(-c5cccc(-n6c7ccccc7c7cc8ccccc8cc76)c5)c5ccccc5c34)n2)cc1. The Bertz CT molecular complexity index is 3510. The molecule has 3 heterocycles. The van der Waals surface area contributed by atoms with Crippen molar-refractivity contribution in [3.05, 3.63) is 194 Å².